The third-order valence-electron chi connectivity index (χ3n) is 5.64. The first-order valence-corrected chi connectivity index (χ1v) is 10.6. The summed E-state index contributed by atoms with van der Waals surface area (Å²) in [6.45, 7) is 4.15. The van der Waals surface area contributed by atoms with Gasteiger partial charge in [0.15, 0.2) is 0 Å². The van der Waals surface area contributed by atoms with Crippen molar-refractivity contribution in [2.24, 2.45) is 5.41 Å². The van der Waals surface area contributed by atoms with Crippen molar-refractivity contribution in [2.75, 3.05) is 51.8 Å². The lowest BCUT2D eigenvalue weighted by Crippen LogP contribution is -2.54. The molecule has 0 aromatic carbocycles. The number of morpholine rings is 1. The SMILES string of the molecule is O=S(=O)(CCNC1CCOCC12CCCCC2)N1CCOCC1. The monoisotopic (exact) mass is 346 g/mol. The van der Waals surface area contributed by atoms with Crippen molar-refractivity contribution in [1.82, 2.24) is 9.62 Å². The first kappa shape index (κ1) is 17.6. The average Bonchev–Trinajstić information content (AvgIpc) is 2.58. The van der Waals surface area contributed by atoms with Crippen molar-refractivity contribution in [2.45, 2.75) is 44.6 Å². The maximum atomic E-state index is 12.4. The number of nitrogens with one attached hydrogen (secondary N) is 1. The molecule has 2 saturated heterocycles. The molecule has 134 valence electrons. The summed E-state index contributed by atoms with van der Waals surface area (Å²) in [6.07, 6.45) is 7.28. The molecule has 0 aromatic heterocycles. The minimum Gasteiger partial charge on any atom is -0.381 e. The minimum absolute atomic E-state index is 0.181. The highest BCUT2D eigenvalue weighted by molar-refractivity contribution is 7.89. The average molecular weight is 346 g/mol. The second-order valence-corrected chi connectivity index (χ2v) is 9.19. The van der Waals surface area contributed by atoms with Gasteiger partial charge in [-0.25, -0.2) is 8.42 Å². The Hall–Kier alpha value is -0.210. The smallest absolute Gasteiger partial charge is 0.215 e. The van der Waals surface area contributed by atoms with Gasteiger partial charge in [0.05, 0.1) is 25.6 Å². The fraction of sp³-hybridized carbons (Fsp3) is 1.00. The zero-order valence-corrected chi connectivity index (χ0v) is 14.8. The molecular formula is C16H30N2O4S. The predicted molar refractivity (Wildman–Crippen MR) is 88.9 cm³/mol. The van der Waals surface area contributed by atoms with E-state index in [4.69, 9.17) is 9.47 Å². The van der Waals surface area contributed by atoms with Crippen LogP contribution in [0.2, 0.25) is 0 Å². The zero-order chi connectivity index (χ0) is 16.2. The summed E-state index contributed by atoms with van der Waals surface area (Å²) in [4.78, 5) is 0. The molecule has 3 aliphatic rings. The Labute approximate surface area is 139 Å². The molecule has 0 aromatic rings. The van der Waals surface area contributed by atoms with E-state index in [1.165, 1.54) is 32.1 Å². The van der Waals surface area contributed by atoms with Gasteiger partial charge in [-0.1, -0.05) is 19.3 Å². The Kier molecular flexibility index (Phi) is 5.96. The van der Waals surface area contributed by atoms with Crippen LogP contribution in [0.3, 0.4) is 0 Å². The topological polar surface area (TPSA) is 67.9 Å². The molecule has 7 heteroatoms. The molecule has 1 unspecified atom stereocenters. The molecule has 2 aliphatic heterocycles. The third-order valence-corrected chi connectivity index (χ3v) is 7.52. The molecule has 0 bridgehead atoms. The number of sulfonamides is 1. The Morgan fingerprint density at radius 2 is 1.78 bits per heavy atom. The molecule has 3 fully saturated rings. The van der Waals surface area contributed by atoms with Gasteiger partial charge in [-0.15, -0.1) is 0 Å². The highest BCUT2D eigenvalue weighted by Gasteiger charge is 2.42. The van der Waals surface area contributed by atoms with Gasteiger partial charge in [0, 0.05) is 37.7 Å². The minimum atomic E-state index is -3.17. The molecule has 6 nitrogen and oxygen atoms in total. The van der Waals surface area contributed by atoms with Crippen molar-refractivity contribution in [3.8, 4) is 0 Å². The number of rotatable bonds is 5. The van der Waals surface area contributed by atoms with E-state index in [0.29, 0.717) is 38.9 Å². The van der Waals surface area contributed by atoms with Crippen LogP contribution in [0.15, 0.2) is 0 Å². The molecule has 1 saturated carbocycles. The summed E-state index contributed by atoms with van der Waals surface area (Å²) >= 11 is 0. The maximum absolute atomic E-state index is 12.4. The van der Waals surface area contributed by atoms with Crippen LogP contribution in [-0.2, 0) is 19.5 Å². The Morgan fingerprint density at radius 3 is 2.52 bits per heavy atom. The van der Waals surface area contributed by atoms with E-state index < -0.39 is 10.0 Å². The lowest BCUT2D eigenvalue weighted by atomic mass is 9.68. The summed E-state index contributed by atoms with van der Waals surface area (Å²) in [5.41, 5.74) is 0.235. The third kappa shape index (κ3) is 4.25. The number of hydrogen-bond acceptors (Lipinski definition) is 5. The van der Waals surface area contributed by atoms with Crippen molar-refractivity contribution in [3.63, 3.8) is 0 Å². The van der Waals surface area contributed by atoms with Crippen LogP contribution >= 0.6 is 0 Å². The van der Waals surface area contributed by atoms with Crippen LogP contribution in [0.1, 0.15) is 38.5 Å². The van der Waals surface area contributed by atoms with Gasteiger partial charge in [-0.2, -0.15) is 4.31 Å². The first-order valence-electron chi connectivity index (χ1n) is 8.99. The molecule has 3 rings (SSSR count). The molecule has 23 heavy (non-hydrogen) atoms. The van der Waals surface area contributed by atoms with Gasteiger partial charge in [0.25, 0.3) is 0 Å². The second-order valence-electron chi connectivity index (χ2n) is 7.10. The normalized spacial score (nSPS) is 29.7. The van der Waals surface area contributed by atoms with Gasteiger partial charge in [-0.3, -0.25) is 0 Å². The number of hydrogen-bond donors (Lipinski definition) is 1. The zero-order valence-electron chi connectivity index (χ0n) is 14.0. The molecule has 1 aliphatic carbocycles. The standard InChI is InChI=1S/C16H30N2O4S/c19-23(20,18-8-11-21-12-9-18)13-7-17-15-4-10-22-14-16(15)5-2-1-3-6-16/h15,17H,1-14H2. The van der Waals surface area contributed by atoms with Crippen molar-refractivity contribution in [3.05, 3.63) is 0 Å². The molecule has 2 heterocycles. The highest BCUT2D eigenvalue weighted by Crippen LogP contribution is 2.42. The van der Waals surface area contributed by atoms with Crippen LogP contribution in [0, 0.1) is 5.41 Å². The number of nitrogens with zero attached hydrogens (tertiary/aromatic N) is 1. The summed E-state index contributed by atoms with van der Waals surface area (Å²) in [5.74, 6) is 0.181. The van der Waals surface area contributed by atoms with Gasteiger partial charge in [0.1, 0.15) is 0 Å². The van der Waals surface area contributed by atoms with E-state index in [0.717, 1.165) is 19.6 Å². The van der Waals surface area contributed by atoms with E-state index in [2.05, 4.69) is 5.32 Å². The summed E-state index contributed by atoms with van der Waals surface area (Å²) in [5, 5.41) is 3.56. The van der Waals surface area contributed by atoms with Gasteiger partial charge < -0.3 is 14.8 Å². The molecule has 1 spiro atoms. The van der Waals surface area contributed by atoms with Crippen LogP contribution < -0.4 is 5.32 Å². The fourth-order valence-electron chi connectivity index (χ4n) is 4.27. The molecule has 1 atom stereocenters. The van der Waals surface area contributed by atoms with Crippen molar-refractivity contribution < 1.29 is 17.9 Å². The lowest BCUT2D eigenvalue weighted by Gasteiger charge is -2.47. The second kappa shape index (κ2) is 7.78. The van der Waals surface area contributed by atoms with Crippen LogP contribution in [0.25, 0.3) is 0 Å². The lowest BCUT2D eigenvalue weighted by molar-refractivity contribution is -0.0527. The van der Waals surface area contributed by atoms with Crippen molar-refractivity contribution in [1.29, 1.82) is 0 Å². The van der Waals surface area contributed by atoms with E-state index >= 15 is 0 Å². The molecule has 0 amide bonds. The van der Waals surface area contributed by atoms with Gasteiger partial charge in [0.2, 0.25) is 10.0 Å². The Balaban J connectivity index is 1.52. The van der Waals surface area contributed by atoms with E-state index in [1.54, 1.807) is 4.31 Å². The fourth-order valence-corrected chi connectivity index (χ4v) is 5.61. The van der Waals surface area contributed by atoms with E-state index in [1.807, 2.05) is 0 Å². The van der Waals surface area contributed by atoms with E-state index in [-0.39, 0.29) is 11.2 Å². The molecule has 0 radical (unpaired) electrons. The largest absolute Gasteiger partial charge is 0.381 e. The van der Waals surface area contributed by atoms with Gasteiger partial charge in [-0.05, 0) is 19.3 Å². The van der Waals surface area contributed by atoms with Crippen LogP contribution in [-0.4, -0.2) is 70.6 Å². The highest BCUT2D eigenvalue weighted by atomic mass is 32.2. The van der Waals surface area contributed by atoms with Crippen LogP contribution in [0.5, 0.6) is 0 Å². The summed E-state index contributed by atoms with van der Waals surface area (Å²) < 4.78 is 37.4. The van der Waals surface area contributed by atoms with E-state index in [9.17, 15) is 8.42 Å². The Morgan fingerprint density at radius 1 is 1.04 bits per heavy atom. The molecular weight excluding hydrogens is 316 g/mol. The van der Waals surface area contributed by atoms with Gasteiger partial charge >= 0.3 is 0 Å². The van der Waals surface area contributed by atoms with Crippen LogP contribution in [0.4, 0.5) is 0 Å². The number of ether oxygens (including phenoxy) is 2. The summed E-state index contributed by atoms with van der Waals surface area (Å²) in [7, 11) is -3.17. The first-order chi connectivity index (χ1) is 11.1. The predicted octanol–water partition coefficient (Wildman–Crippen LogP) is 0.977. The quantitative estimate of drug-likeness (QED) is 0.804. The molecule has 1 N–H and O–H groups in total. The summed E-state index contributed by atoms with van der Waals surface area (Å²) in [6, 6.07) is 0.399. The Bertz CT molecular complexity index is 462. The van der Waals surface area contributed by atoms with Crippen molar-refractivity contribution >= 4 is 10.0 Å². The maximum Gasteiger partial charge on any atom is 0.215 e.